The first-order chi connectivity index (χ1) is 8.16. The van der Waals surface area contributed by atoms with Crippen LogP contribution in [0.4, 0.5) is 10.1 Å². The summed E-state index contributed by atoms with van der Waals surface area (Å²) in [6.45, 7) is 0. The zero-order valence-corrected chi connectivity index (χ0v) is 9.45. The summed E-state index contributed by atoms with van der Waals surface area (Å²) in [6.07, 6.45) is 6.79. The van der Waals surface area contributed by atoms with Crippen LogP contribution >= 0.6 is 0 Å². The highest BCUT2D eigenvalue weighted by Crippen LogP contribution is 2.14. The molecule has 17 heavy (non-hydrogen) atoms. The van der Waals surface area contributed by atoms with Gasteiger partial charge in [-0.1, -0.05) is 12.2 Å². The van der Waals surface area contributed by atoms with Crippen molar-refractivity contribution in [1.29, 1.82) is 0 Å². The van der Waals surface area contributed by atoms with E-state index in [2.05, 4.69) is 11.4 Å². The first-order valence-corrected chi connectivity index (χ1v) is 5.67. The van der Waals surface area contributed by atoms with E-state index in [0.717, 1.165) is 25.3 Å². The molecule has 0 spiro atoms. The summed E-state index contributed by atoms with van der Waals surface area (Å²) in [5.41, 5.74) is 5.80. The fourth-order valence-corrected chi connectivity index (χ4v) is 1.90. The standard InChI is InChI=1S/C13H15FN2O/c14-12-8-9(15)6-7-11(12)13(17)16-10-4-2-1-3-5-10/h1-2,6-8,10H,3-5,15H2,(H,16,17). The molecule has 1 aliphatic rings. The predicted octanol–water partition coefficient (Wildman–Crippen LogP) is 2.25. The maximum atomic E-state index is 13.5. The fraction of sp³-hybridized carbons (Fsp3) is 0.308. The molecule has 0 fully saturated rings. The first kappa shape index (κ1) is 11.6. The Hall–Kier alpha value is -1.84. The third-order valence-electron chi connectivity index (χ3n) is 2.84. The molecule has 0 aromatic heterocycles. The summed E-state index contributed by atoms with van der Waals surface area (Å²) in [7, 11) is 0. The molecule has 1 aliphatic carbocycles. The minimum atomic E-state index is -0.575. The van der Waals surface area contributed by atoms with E-state index in [1.54, 1.807) is 0 Å². The molecule has 1 unspecified atom stereocenters. The molecule has 1 aromatic carbocycles. The zero-order valence-electron chi connectivity index (χ0n) is 9.45. The minimum absolute atomic E-state index is 0.0498. The second kappa shape index (κ2) is 4.99. The zero-order chi connectivity index (χ0) is 12.3. The number of hydrogen-bond acceptors (Lipinski definition) is 2. The van der Waals surface area contributed by atoms with Crippen molar-refractivity contribution in [2.45, 2.75) is 25.3 Å². The van der Waals surface area contributed by atoms with Crippen LogP contribution in [0, 0.1) is 5.82 Å². The van der Waals surface area contributed by atoms with E-state index in [0.29, 0.717) is 5.69 Å². The smallest absolute Gasteiger partial charge is 0.254 e. The first-order valence-electron chi connectivity index (χ1n) is 5.67. The van der Waals surface area contributed by atoms with Crippen LogP contribution in [0.25, 0.3) is 0 Å². The van der Waals surface area contributed by atoms with Crippen LogP contribution in [0.15, 0.2) is 30.4 Å². The molecule has 1 amide bonds. The molecule has 4 heteroatoms. The maximum Gasteiger partial charge on any atom is 0.254 e. The van der Waals surface area contributed by atoms with Crippen LogP contribution < -0.4 is 11.1 Å². The van der Waals surface area contributed by atoms with Crippen LogP contribution in [-0.2, 0) is 0 Å². The lowest BCUT2D eigenvalue weighted by atomic mass is 10.0. The van der Waals surface area contributed by atoms with Crippen molar-refractivity contribution in [2.24, 2.45) is 0 Å². The Bertz CT molecular complexity index is 457. The number of benzene rings is 1. The number of nitrogens with one attached hydrogen (secondary N) is 1. The molecule has 2 rings (SSSR count). The molecular weight excluding hydrogens is 219 g/mol. The highest BCUT2D eigenvalue weighted by molar-refractivity contribution is 5.95. The maximum absolute atomic E-state index is 13.5. The third-order valence-corrected chi connectivity index (χ3v) is 2.84. The highest BCUT2D eigenvalue weighted by Gasteiger charge is 2.16. The van der Waals surface area contributed by atoms with Crippen molar-refractivity contribution in [2.75, 3.05) is 5.73 Å². The van der Waals surface area contributed by atoms with Gasteiger partial charge in [-0.2, -0.15) is 0 Å². The van der Waals surface area contributed by atoms with Crippen LogP contribution in [0.5, 0.6) is 0 Å². The molecule has 1 aromatic rings. The summed E-state index contributed by atoms with van der Waals surface area (Å²) in [6, 6.07) is 4.21. The average molecular weight is 234 g/mol. The Balaban J connectivity index is 2.06. The van der Waals surface area contributed by atoms with Gasteiger partial charge in [0.05, 0.1) is 5.56 Å². The van der Waals surface area contributed by atoms with E-state index < -0.39 is 5.82 Å². The number of hydrogen-bond donors (Lipinski definition) is 2. The summed E-state index contributed by atoms with van der Waals surface area (Å²) in [5.74, 6) is -0.948. The lowest BCUT2D eigenvalue weighted by molar-refractivity contribution is 0.0930. The van der Waals surface area contributed by atoms with Crippen molar-refractivity contribution >= 4 is 11.6 Å². The molecule has 3 nitrogen and oxygen atoms in total. The molecule has 0 saturated carbocycles. The van der Waals surface area contributed by atoms with Gasteiger partial charge < -0.3 is 11.1 Å². The van der Waals surface area contributed by atoms with Gasteiger partial charge in [0, 0.05) is 11.7 Å². The summed E-state index contributed by atoms with van der Waals surface area (Å²) >= 11 is 0. The highest BCUT2D eigenvalue weighted by atomic mass is 19.1. The number of anilines is 1. The number of nitrogens with two attached hydrogens (primary N) is 1. The van der Waals surface area contributed by atoms with Crippen molar-refractivity contribution in [3.05, 3.63) is 41.7 Å². The second-order valence-corrected chi connectivity index (χ2v) is 4.19. The van der Waals surface area contributed by atoms with Crippen molar-refractivity contribution in [1.82, 2.24) is 5.32 Å². The van der Waals surface area contributed by atoms with E-state index in [-0.39, 0.29) is 17.5 Å². The van der Waals surface area contributed by atoms with Gasteiger partial charge in [0.15, 0.2) is 0 Å². The lowest BCUT2D eigenvalue weighted by Crippen LogP contribution is -2.35. The van der Waals surface area contributed by atoms with Crippen LogP contribution in [0.1, 0.15) is 29.6 Å². The van der Waals surface area contributed by atoms with E-state index in [1.807, 2.05) is 6.08 Å². The number of carbonyl (C=O) groups excluding carboxylic acids is 1. The lowest BCUT2D eigenvalue weighted by Gasteiger charge is -2.19. The van der Waals surface area contributed by atoms with Crippen LogP contribution in [0.3, 0.4) is 0 Å². The monoisotopic (exact) mass is 234 g/mol. The Morgan fingerprint density at radius 3 is 2.88 bits per heavy atom. The molecular formula is C13H15FN2O. The van der Waals surface area contributed by atoms with E-state index in [4.69, 9.17) is 5.73 Å². The summed E-state index contributed by atoms with van der Waals surface area (Å²) < 4.78 is 13.5. The average Bonchev–Trinajstić information content (AvgIpc) is 2.30. The third kappa shape index (κ3) is 2.84. The molecule has 90 valence electrons. The van der Waals surface area contributed by atoms with Crippen molar-refractivity contribution < 1.29 is 9.18 Å². The molecule has 0 saturated heterocycles. The normalized spacial score (nSPS) is 19.0. The van der Waals surface area contributed by atoms with Crippen LogP contribution in [-0.4, -0.2) is 11.9 Å². The quantitative estimate of drug-likeness (QED) is 0.609. The number of nitrogen functional groups attached to an aromatic ring is 1. The van der Waals surface area contributed by atoms with Gasteiger partial charge in [0.2, 0.25) is 0 Å². The molecule has 1 atom stereocenters. The van der Waals surface area contributed by atoms with Crippen molar-refractivity contribution in [3.63, 3.8) is 0 Å². The van der Waals surface area contributed by atoms with E-state index in [9.17, 15) is 9.18 Å². The Morgan fingerprint density at radius 2 is 2.24 bits per heavy atom. The number of allylic oxidation sites excluding steroid dienone is 1. The van der Waals surface area contributed by atoms with Gasteiger partial charge in [0.25, 0.3) is 5.91 Å². The predicted molar refractivity (Wildman–Crippen MR) is 65.1 cm³/mol. The van der Waals surface area contributed by atoms with Gasteiger partial charge in [0.1, 0.15) is 5.82 Å². The van der Waals surface area contributed by atoms with E-state index in [1.165, 1.54) is 12.1 Å². The van der Waals surface area contributed by atoms with Gasteiger partial charge in [-0.05, 0) is 37.5 Å². The van der Waals surface area contributed by atoms with Crippen molar-refractivity contribution in [3.8, 4) is 0 Å². The summed E-state index contributed by atoms with van der Waals surface area (Å²) in [5, 5.41) is 2.82. The Labute approximate surface area is 99.5 Å². The fourth-order valence-electron chi connectivity index (χ4n) is 1.90. The number of amides is 1. The van der Waals surface area contributed by atoms with Gasteiger partial charge >= 0.3 is 0 Å². The molecule has 0 bridgehead atoms. The summed E-state index contributed by atoms with van der Waals surface area (Å²) in [4.78, 5) is 11.8. The molecule has 0 heterocycles. The molecule has 3 N–H and O–H groups in total. The largest absolute Gasteiger partial charge is 0.399 e. The SMILES string of the molecule is Nc1ccc(C(=O)NC2CC=CCC2)c(F)c1. The van der Waals surface area contributed by atoms with Crippen LogP contribution in [0.2, 0.25) is 0 Å². The number of rotatable bonds is 2. The van der Waals surface area contributed by atoms with Gasteiger partial charge in [-0.3, -0.25) is 4.79 Å². The number of halogens is 1. The molecule has 0 aliphatic heterocycles. The topological polar surface area (TPSA) is 55.1 Å². The van der Waals surface area contributed by atoms with Gasteiger partial charge in [-0.15, -0.1) is 0 Å². The molecule has 0 radical (unpaired) electrons. The Morgan fingerprint density at radius 1 is 1.41 bits per heavy atom. The Kier molecular flexibility index (Phi) is 3.42. The second-order valence-electron chi connectivity index (χ2n) is 4.19. The van der Waals surface area contributed by atoms with Gasteiger partial charge in [-0.25, -0.2) is 4.39 Å². The minimum Gasteiger partial charge on any atom is -0.399 e. The number of carbonyl (C=O) groups is 1. The van der Waals surface area contributed by atoms with E-state index >= 15 is 0 Å².